The van der Waals surface area contributed by atoms with E-state index in [4.69, 9.17) is 0 Å². The molecule has 0 saturated heterocycles. The molecule has 0 spiro atoms. The van der Waals surface area contributed by atoms with E-state index in [1.807, 2.05) is 12.1 Å². The van der Waals surface area contributed by atoms with E-state index in [-0.39, 0.29) is 5.41 Å². The number of fused-ring (bicyclic) bond motifs is 6. The second-order valence-electron chi connectivity index (χ2n) is 7.23. The molecule has 1 aliphatic rings. The van der Waals surface area contributed by atoms with Crippen molar-refractivity contribution in [2.45, 2.75) is 19.3 Å². The first-order valence-electron chi connectivity index (χ1n) is 8.36. The van der Waals surface area contributed by atoms with Crippen molar-refractivity contribution < 1.29 is 5.11 Å². The van der Waals surface area contributed by atoms with Crippen LogP contribution >= 0.6 is 0 Å². The molecule has 0 atom stereocenters. The fourth-order valence-electron chi connectivity index (χ4n) is 4.28. The summed E-state index contributed by atoms with van der Waals surface area (Å²) in [5.74, 6) is 0.355. The summed E-state index contributed by atoms with van der Waals surface area (Å²) in [6, 6.07) is 23.2. The van der Waals surface area contributed by atoms with E-state index >= 15 is 0 Å². The molecule has 0 aromatic heterocycles. The molecule has 116 valence electrons. The zero-order chi connectivity index (χ0) is 16.5. The molecule has 0 fully saturated rings. The van der Waals surface area contributed by atoms with Gasteiger partial charge in [0.05, 0.1) is 0 Å². The fraction of sp³-hybridized carbons (Fsp3) is 0.130. The highest BCUT2D eigenvalue weighted by atomic mass is 16.3. The van der Waals surface area contributed by atoms with E-state index in [2.05, 4.69) is 68.4 Å². The Morgan fingerprint density at radius 2 is 1.42 bits per heavy atom. The second kappa shape index (κ2) is 4.39. The number of rotatable bonds is 0. The van der Waals surface area contributed by atoms with Crippen LogP contribution in [0.15, 0.2) is 66.7 Å². The van der Waals surface area contributed by atoms with E-state index in [1.54, 1.807) is 0 Å². The predicted molar refractivity (Wildman–Crippen MR) is 101 cm³/mol. The van der Waals surface area contributed by atoms with Crippen LogP contribution in [0.25, 0.3) is 32.7 Å². The van der Waals surface area contributed by atoms with Crippen molar-refractivity contribution in [2.75, 3.05) is 0 Å². The summed E-state index contributed by atoms with van der Waals surface area (Å²) < 4.78 is 0. The Hall–Kier alpha value is -2.80. The minimum absolute atomic E-state index is 0.0211. The van der Waals surface area contributed by atoms with Gasteiger partial charge in [-0.25, -0.2) is 0 Å². The van der Waals surface area contributed by atoms with Crippen molar-refractivity contribution in [3.05, 3.63) is 77.9 Å². The van der Waals surface area contributed by atoms with Crippen molar-refractivity contribution in [1.29, 1.82) is 0 Å². The molecular formula is C23H18O. The number of phenolic OH excluding ortho intramolecular Hbond substituents is 1. The molecule has 1 N–H and O–H groups in total. The maximum Gasteiger partial charge on any atom is 0.124 e. The monoisotopic (exact) mass is 310 g/mol. The van der Waals surface area contributed by atoms with Crippen molar-refractivity contribution >= 4 is 21.5 Å². The highest BCUT2D eigenvalue weighted by molar-refractivity contribution is 6.12. The Bertz CT molecular complexity index is 1140. The van der Waals surface area contributed by atoms with E-state index < -0.39 is 0 Å². The first-order chi connectivity index (χ1) is 11.6. The lowest BCUT2D eigenvalue weighted by molar-refractivity contribution is 0.482. The third kappa shape index (κ3) is 1.59. The third-order valence-corrected chi connectivity index (χ3v) is 5.54. The van der Waals surface area contributed by atoms with Crippen LogP contribution in [0.3, 0.4) is 0 Å². The maximum absolute atomic E-state index is 10.6. The summed E-state index contributed by atoms with van der Waals surface area (Å²) >= 11 is 0. The summed E-state index contributed by atoms with van der Waals surface area (Å²) in [7, 11) is 0. The molecule has 1 nitrogen and oxygen atoms in total. The Labute approximate surface area is 141 Å². The average molecular weight is 310 g/mol. The van der Waals surface area contributed by atoms with Gasteiger partial charge in [0, 0.05) is 10.8 Å². The van der Waals surface area contributed by atoms with Crippen LogP contribution in [0, 0.1) is 0 Å². The van der Waals surface area contributed by atoms with Crippen molar-refractivity contribution in [2.24, 2.45) is 0 Å². The molecule has 5 rings (SSSR count). The van der Waals surface area contributed by atoms with E-state index in [1.165, 1.54) is 27.6 Å². The van der Waals surface area contributed by atoms with Crippen LogP contribution in [0.2, 0.25) is 0 Å². The molecular weight excluding hydrogens is 292 g/mol. The SMILES string of the molecule is CC1(C)c2ccccc2-c2cc3c(O)cc4ccccc4c3cc21. The third-order valence-electron chi connectivity index (χ3n) is 5.54. The smallest absolute Gasteiger partial charge is 0.124 e. The van der Waals surface area contributed by atoms with E-state index in [0.29, 0.717) is 5.75 Å². The minimum Gasteiger partial charge on any atom is -0.507 e. The molecule has 4 aromatic rings. The van der Waals surface area contributed by atoms with Gasteiger partial charge >= 0.3 is 0 Å². The molecule has 0 amide bonds. The van der Waals surface area contributed by atoms with Gasteiger partial charge in [0.2, 0.25) is 0 Å². The van der Waals surface area contributed by atoms with Crippen molar-refractivity contribution in [3.63, 3.8) is 0 Å². The molecule has 1 heteroatoms. The van der Waals surface area contributed by atoms with Gasteiger partial charge in [0.15, 0.2) is 0 Å². The second-order valence-corrected chi connectivity index (χ2v) is 7.23. The van der Waals surface area contributed by atoms with Crippen LogP contribution < -0.4 is 0 Å². The van der Waals surface area contributed by atoms with Crippen molar-refractivity contribution in [1.82, 2.24) is 0 Å². The highest BCUT2D eigenvalue weighted by Gasteiger charge is 2.35. The molecule has 0 aliphatic heterocycles. The van der Waals surface area contributed by atoms with Gasteiger partial charge < -0.3 is 5.11 Å². The zero-order valence-electron chi connectivity index (χ0n) is 13.8. The molecule has 0 heterocycles. The van der Waals surface area contributed by atoms with Gasteiger partial charge in [-0.15, -0.1) is 0 Å². The number of hydrogen-bond donors (Lipinski definition) is 1. The van der Waals surface area contributed by atoms with Gasteiger partial charge in [-0.1, -0.05) is 62.4 Å². The topological polar surface area (TPSA) is 20.2 Å². The molecule has 4 aromatic carbocycles. The van der Waals surface area contributed by atoms with Crippen LogP contribution in [-0.2, 0) is 5.41 Å². The largest absolute Gasteiger partial charge is 0.507 e. The van der Waals surface area contributed by atoms with Gasteiger partial charge in [-0.2, -0.15) is 0 Å². The minimum atomic E-state index is -0.0211. The van der Waals surface area contributed by atoms with Gasteiger partial charge in [-0.05, 0) is 56.6 Å². The van der Waals surface area contributed by atoms with Crippen LogP contribution in [0.4, 0.5) is 0 Å². The fourth-order valence-corrected chi connectivity index (χ4v) is 4.28. The predicted octanol–water partition coefficient (Wildman–Crippen LogP) is 6.00. The van der Waals surface area contributed by atoms with Crippen molar-refractivity contribution in [3.8, 4) is 16.9 Å². The normalized spacial score (nSPS) is 14.8. The first kappa shape index (κ1) is 13.6. The Morgan fingerprint density at radius 1 is 0.667 bits per heavy atom. The summed E-state index contributed by atoms with van der Waals surface area (Å²) in [6.07, 6.45) is 0. The van der Waals surface area contributed by atoms with Crippen LogP contribution in [0.1, 0.15) is 25.0 Å². The van der Waals surface area contributed by atoms with Gasteiger partial charge in [-0.3, -0.25) is 0 Å². The Balaban J connectivity index is 1.98. The lowest BCUT2D eigenvalue weighted by Gasteiger charge is -2.22. The van der Waals surface area contributed by atoms with Crippen LogP contribution in [-0.4, -0.2) is 5.11 Å². The zero-order valence-corrected chi connectivity index (χ0v) is 13.8. The molecule has 0 unspecified atom stereocenters. The Kier molecular flexibility index (Phi) is 2.49. The lowest BCUT2D eigenvalue weighted by atomic mass is 9.81. The summed E-state index contributed by atoms with van der Waals surface area (Å²) in [5, 5.41) is 14.9. The number of hydrogen-bond acceptors (Lipinski definition) is 1. The molecule has 24 heavy (non-hydrogen) atoms. The Morgan fingerprint density at radius 3 is 2.29 bits per heavy atom. The van der Waals surface area contributed by atoms with Gasteiger partial charge in [0.1, 0.15) is 5.75 Å². The highest BCUT2D eigenvalue weighted by Crippen LogP contribution is 2.51. The molecule has 0 radical (unpaired) electrons. The number of phenols is 1. The standard InChI is InChI=1S/C23H18O/c1-23(2)20-10-6-5-9-16(20)18-12-19-17(13-21(18)23)15-8-4-3-7-14(15)11-22(19)24/h3-13,24H,1-2H3. The summed E-state index contributed by atoms with van der Waals surface area (Å²) in [4.78, 5) is 0. The number of benzene rings is 4. The molecule has 0 bridgehead atoms. The molecule has 1 aliphatic carbocycles. The van der Waals surface area contributed by atoms with Crippen LogP contribution in [0.5, 0.6) is 5.75 Å². The summed E-state index contributed by atoms with van der Waals surface area (Å²) in [6.45, 7) is 4.57. The number of aromatic hydroxyl groups is 1. The van der Waals surface area contributed by atoms with E-state index in [9.17, 15) is 5.11 Å². The van der Waals surface area contributed by atoms with E-state index in [0.717, 1.165) is 16.2 Å². The molecule has 0 saturated carbocycles. The maximum atomic E-state index is 10.6. The first-order valence-corrected chi connectivity index (χ1v) is 8.36. The quantitative estimate of drug-likeness (QED) is 0.395. The average Bonchev–Trinajstić information content (AvgIpc) is 2.82. The summed E-state index contributed by atoms with van der Waals surface area (Å²) in [5.41, 5.74) is 5.21. The lowest BCUT2D eigenvalue weighted by Crippen LogP contribution is -2.14. The van der Waals surface area contributed by atoms with Gasteiger partial charge in [0.25, 0.3) is 0 Å².